The maximum absolute atomic E-state index is 12.5. The smallest absolute Gasteiger partial charge is 0.322 e. The van der Waals surface area contributed by atoms with E-state index in [1.54, 1.807) is 37.3 Å². The maximum atomic E-state index is 12.5. The number of rotatable bonds is 8. The molecule has 0 aliphatic heterocycles. The number of carboxylic acids is 1. The Morgan fingerprint density at radius 2 is 1.92 bits per heavy atom. The number of sulfonamides is 1. The Bertz CT molecular complexity index is 839. The van der Waals surface area contributed by atoms with Crippen molar-refractivity contribution in [3.05, 3.63) is 59.1 Å². The summed E-state index contributed by atoms with van der Waals surface area (Å²) in [6.07, 6.45) is 0.0279. The van der Waals surface area contributed by atoms with E-state index >= 15 is 0 Å². The zero-order chi connectivity index (χ0) is 18.4. The summed E-state index contributed by atoms with van der Waals surface area (Å²) in [5.74, 6) is -0.897. The first-order valence-corrected chi connectivity index (χ1v) is 9.41. The number of carboxylic acid groups (broad SMARTS) is 1. The molecule has 0 aliphatic carbocycles. The highest BCUT2D eigenvalue weighted by Gasteiger charge is 2.26. The Kier molecular flexibility index (Phi) is 6.41. The van der Waals surface area contributed by atoms with E-state index in [1.165, 1.54) is 18.2 Å². The molecular weight excluding hydrogens is 366 g/mol. The molecule has 8 heteroatoms. The molecule has 2 N–H and O–H groups in total. The summed E-state index contributed by atoms with van der Waals surface area (Å²) in [6, 6.07) is 11.5. The van der Waals surface area contributed by atoms with E-state index in [4.69, 9.17) is 16.3 Å². The fraction of sp³-hybridized carbons (Fsp3) is 0.235. The lowest BCUT2D eigenvalue weighted by Crippen LogP contribution is -2.42. The van der Waals surface area contributed by atoms with E-state index in [-0.39, 0.29) is 16.3 Å². The fourth-order valence-electron chi connectivity index (χ4n) is 2.21. The molecule has 0 aromatic heterocycles. The lowest BCUT2D eigenvalue weighted by molar-refractivity contribution is -0.138. The predicted octanol–water partition coefficient (Wildman–Crippen LogP) is 2.71. The van der Waals surface area contributed by atoms with Gasteiger partial charge in [-0.05, 0) is 37.1 Å². The zero-order valence-electron chi connectivity index (χ0n) is 13.5. The van der Waals surface area contributed by atoms with Gasteiger partial charge in [-0.15, -0.1) is 0 Å². The van der Waals surface area contributed by atoms with Crippen molar-refractivity contribution in [1.29, 1.82) is 0 Å². The topological polar surface area (TPSA) is 92.7 Å². The van der Waals surface area contributed by atoms with Crippen LogP contribution in [0, 0.1) is 0 Å². The number of hydrogen-bond acceptors (Lipinski definition) is 4. The van der Waals surface area contributed by atoms with Crippen LogP contribution in [-0.4, -0.2) is 32.1 Å². The van der Waals surface area contributed by atoms with Crippen molar-refractivity contribution >= 4 is 27.6 Å². The van der Waals surface area contributed by atoms with E-state index in [0.717, 1.165) is 0 Å². The summed E-state index contributed by atoms with van der Waals surface area (Å²) in [5, 5.41) is 9.48. The van der Waals surface area contributed by atoms with Gasteiger partial charge in [-0.2, -0.15) is 4.72 Å². The quantitative estimate of drug-likeness (QED) is 0.731. The van der Waals surface area contributed by atoms with Crippen molar-refractivity contribution in [3.8, 4) is 5.75 Å². The number of nitrogens with one attached hydrogen (secondary N) is 1. The van der Waals surface area contributed by atoms with Crippen LogP contribution in [0.3, 0.4) is 0 Å². The van der Waals surface area contributed by atoms with Gasteiger partial charge in [0.2, 0.25) is 10.0 Å². The fourth-order valence-corrected chi connectivity index (χ4v) is 3.72. The van der Waals surface area contributed by atoms with Crippen LogP contribution in [0.1, 0.15) is 12.5 Å². The van der Waals surface area contributed by atoms with E-state index in [1.807, 2.05) is 0 Å². The second-order valence-corrected chi connectivity index (χ2v) is 7.35. The second-order valence-electron chi connectivity index (χ2n) is 5.23. The Labute approximate surface area is 151 Å². The van der Waals surface area contributed by atoms with Gasteiger partial charge in [0.25, 0.3) is 0 Å². The van der Waals surface area contributed by atoms with Gasteiger partial charge in [0.05, 0.1) is 16.5 Å². The normalized spacial score (nSPS) is 12.6. The molecule has 134 valence electrons. The Morgan fingerprint density at radius 3 is 2.48 bits per heavy atom. The summed E-state index contributed by atoms with van der Waals surface area (Å²) in [6.45, 7) is 2.17. The average Bonchev–Trinajstić information content (AvgIpc) is 2.57. The summed E-state index contributed by atoms with van der Waals surface area (Å²) in [4.78, 5) is 11.3. The molecule has 2 aromatic carbocycles. The van der Waals surface area contributed by atoms with Gasteiger partial charge >= 0.3 is 5.97 Å². The highest BCUT2D eigenvalue weighted by Crippen LogP contribution is 2.27. The van der Waals surface area contributed by atoms with Crippen molar-refractivity contribution < 1.29 is 23.1 Å². The summed E-state index contributed by atoms with van der Waals surface area (Å²) in [7, 11) is -4.05. The molecule has 0 spiro atoms. The second kappa shape index (κ2) is 8.33. The maximum Gasteiger partial charge on any atom is 0.322 e. The predicted molar refractivity (Wildman–Crippen MR) is 94.5 cm³/mol. The van der Waals surface area contributed by atoms with Crippen LogP contribution in [0.15, 0.2) is 53.4 Å². The molecule has 25 heavy (non-hydrogen) atoms. The van der Waals surface area contributed by atoms with Gasteiger partial charge in [-0.1, -0.05) is 41.9 Å². The number of benzene rings is 2. The third-order valence-corrected chi connectivity index (χ3v) is 5.16. The highest BCUT2D eigenvalue weighted by molar-refractivity contribution is 7.89. The zero-order valence-corrected chi connectivity index (χ0v) is 15.0. The van der Waals surface area contributed by atoms with Crippen LogP contribution >= 0.6 is 11.6 Å². The molecule has 2 rings (SSSR count). The monoisotopic (exact) mass is 383 g/mol. The minimum absolute atomic E-state index is 0.0279. The molecule has 0 amide bonds. The van der Waals surface area contributed by atoms with Gasteiger partial charge in [0, 0.05) is 0 Å². The standard InChI is InChI=1S/C17H18ClNO5S/c1-2-24-16-9-8-13(11-14(16)18)25(22,23)19-15(17(20)21)10-12-6-4-3-5-7-12/h3-9,11,15,19H,2,10H2,1H3,(H,20,21)/t15-/m1/s1. The molecule has 1 atom stereocenters. The van der Waals surface area contributed by atoms with Crippen LogP contribution in [0.2, 0.25) is 5.02 Å². The summed E-state index contributed by atoms with van der Waals surface area (Å²) >= 11 is 6.01. The number of ether oxygens (including phenoxy) is 1. The van der Waals surface area contributed by atoms with Crippen molar-refractivity contribution in [2.75, 3.05) is 6.61 Å². The lowest BCUT2D eigenvalue weighted by Gasteiger charge is -2.15. The van der Waals surface area contributed by atoms with Gasteiger partial charge in [-0.25, -0.2) is 8.42 Å². The minimum Gasteiger partial charge on any atom is -0.492 e. The molecule has 2 aromatic rings. The van der Waals surface area contributed by atoms with Gasteiger partial charge in [0.15, 0.2) is 0 Å². The largest absolute Gasteiger partial charge is 0.492 e. The van der Waals surface area contributed by atoms with Crippen molar-refractivity contribution in [1.82, 2.24) is 4.72 Å². The van der Waals surface area contributed by atoms with Gasteiger partial charge in [-0.3, -0.25) is 4.79 Å². The Balaban J connectivity index is 2.22. The molecule has 0 bridgehead atoms. The number of carbonyl (C=O) groups is 1. The Hall–Kier alpha value is -2.09. The third kappa shape index (κ3) is 5.19. The van der Waals surface area contributed by atoms with E-state index < -0.39 is 22.0 Å². The summed E-state index contributed by atoms with van der Waals surface area (Å²) in [5.41, 5.74) is 0.710. The number of halogens is 1. The van der Waals surface area contributed by atoms with Crippen molar-refractivity contribution in [2.24, 2.45) is 0 Å². The van der Waals surface area contributed by atoms with Crippen LogP contribution in [0.25, 0.3) is 0 Å². The van der Waals surface area contributed by atoms with E-state index in [0.29, 0.717) is 17.9 Å². The van der Waals surface area contributed by atoms with Gasteiger partial charge < -0.3 is 9.84 Å². The number of hydrogen-bond donors (Lipinski definition) is 2. The van der Waals surface area contributed by atoms with Crippen LogP contribution in [0.4, 0.5) is 0 Å². The van der Waals surface area contributed by atoms with Crippen LogP contribution in [-0.2, 0) is 21.2 Å². The lowest BCUT2D eigenvalue weighted by atomic mass is 10.1. The first-order valence-electron chi connectivity index (χ1n) is 7.55. The first kappa shape index (κ1) is 19.2. The van der Waals surface area contributed by atoms with Crippen molar-refractivity contribution in [2.45, 2.75) is 24.3 Å². The number of aliphatic carboxylic acids is 1. The highest BCUT2D eigenvalue weighted by atomic mass is 35.5. The molecule has 0 radical (unpaired) electrons. The average molecular weight is 384 g/mol. The molecule has 0 fully saturated rings. The SMILES string of the molecule is CCOc1ccc(S(=O)(=O)N[C@H](Cc2ccccc2)C(=O)O)cc1Cl. The molecule has 0 saturated heterocycles. The molecule has 0 unspecified atom stereocenters. The minimum atomic E-state index is -4.05. The van der Waals surface area contributed by atoms with E-state index in [9.17, 15) is 18.3 Å². The first-order chi connectivity index (χ1) is 11.8. The third-order valence-electron chi connectivity index (χ3n) is 3.39. The molecule has 6 nitrogen and oxygen atoms in total. The molecular formula is C17H18ClNO5S. The van der Waals surface area contributed by atoms with Crippen molar-refractivity contribution in [3.63, 3.8) is 0 Å². The molecule has 0 saturated carbocycles. The Morgan fingerprint density at radius 1 is 1.24 bits per heavy atom. The molecule has 0 aliphatic rings. The molecule has 0 heterocycles. The van der Waals surface area contributed by atoms with Crippen LogP contribution < -0.4 is 9.46 Å². The van der Waals surface area contributed by atoms with Crippen LogP contribution in [0.5, 0.6) is 5.75 Å². The van der Waals surface area contributed by atoms with Gasteiger partial charge in [0.1, 0.15) is 11.8 Å². The summed E-state index contributed by atoms with van der Waals surface area (Å²) < 4.78 is 32.4. The van der Waals surface area contributed by atoms with E-state index in [2.05, 4.69) is 4.72 Å².